The summed E-state index contributed by atoms with van der Waals surface area (Å²) in [7, 11) is 1.46. The molecule has 1 aromatic heterocycles. The predicted octanol–water partition coefficient (Wildman–Crippen LogP) is 5.26. The number of methoxy groups -OCH3 is 1. The van der Waals surface area contributed by atoms with Gasteiger partial charge >= 0.3 is 12.8 Å². The first-order valence-electron chi connectivity index (χ1n) is 9.05. The highest BCUT2D eigenvalue weighted by Crippen LogP contribution is 2.36. The third-order valence-corrected chi connectivity index (χ3v) is 4.22. The SMILES string of the molecule is [C-]#[N+]c1cc(Oc2c(C(F)(F)F)ncn(Cc3ccc(OC)cc3)c2=O)cc(OC(F)F)c1. The van der Waals surface area contributed by atoms with Crippen LogP contribution in [-0.2, 0) is 12.7 Å². The second-order valence-corrected chi connectivity index (χ2v) is 6.46. The Morgan fingerprint density at radius 3 is 2.33 bits per heavy atom. The van der Waals surface area contributed by atoms with Gasteiger partial charge in [-0.25, -0.2) is 9.83 Å². The smallest absolute Gasteiger partial charge is 0.437 e. The van der Waals surface area contributed by atoms with E-state index in [4.69, 9.17) is 16.0 Å². The first-order chi connectivity index (χ1) is 15.6. The van der Waals surface area contributed by atoms with Crippen molar-refractivity contribution in [2.24, 2.45) is 0 Å². The molecule has 1 heterocycles. The van der Waals surface area contributed by atoms with Gasteiger partial charge in [-0.3, -0.25) is 9.36 Å². The van der Waals surface area contributed by atoms with E-state index < -0.39 is 41.3 Å². The summed E-state index contributed by atoms with van der Waals surface area (Å²) in [6.45, 7) is 3.65. The molecule has 0 aliphatic rings. The van der Waals surface area contributed by atoms with Crippen molar-refractivity contribution >= 4 is 5.69 Å². The molecule has 0 radical (unpaired) electrons. The van der Waals surface area contributed by atoms with Crippen LogP contribution in [0.5, 0.6) is 23.0 Å². The molecule has 3 rings (SSSR count). The van der Waals surface area contributed by atoms with Gasteiger partial charge in [-0.1, -0.05) is 12.1 Å². The van der Waals surface area contributed by atoms with Gasteiger partial charge in [0.2, 0.25) is 5.75 Å². The lowest BCUT2D eigenvalue weighted by molar-refractivity contribution is -0.142. The van der Waals surface area contributed by atoms with Crippen molar-refractivity contribution in [1.29, 1.82) is 0 Å². The summed E-state index contributed by atoms with van der Waals surface area (Å²) in [5.74, 6) is -1.64. The average molecular weight is 467 g/mol. The Hall–Kier alpha value is -4.14. The van der Waals surface area contributed by atoms with Gasteiger partial charge in [0.15, 0.2) is 11.4 Å². The predicted molar refractivity (Wildman–Crippen MR) is 105 cm³/mol. The Balaban J connectivity index is 2.05. The van der Waals surface area contributed by atoms with E-state index in [-0.39, 0.29) is 12.2 Å². The van der Waals surface area contributed by atoms with E-state index in [0.29, 0.717) is 11.3 Å². The molecule has 12 heteroatoms. The van der Waals surface area contributed by atoms with E-state index >= 15 is 0 Å². The first-order valence-corrected chi connectivity index (χ1v) is 9.05. The molecule has 0 atom stereocenters. The van der Waals surface area contributed by atoms with Crippen molar-refractivity contribution < 1.29 is 36.2 Å². The van der Waals surface area contributed by atoms with Crippen LogP contribution >= 0.6 is 0 Å². The standard InChI is InChI=1S/C21H14F5N3O4/c1-27-13-7-15(9-16(8-13)33-20(22)23)32-17-18(21(24,25)26)28-11-29(19(17)30)10-12-3-5-14(31-2)6-4-12/h3-9,11,20H,10H2,2H3. The molecule has 0 amide bonds. The number of ether oxygens (including phenoxy) is 3. The lowest BCUT2D eigenvalue weighted by Gasteiger charge is -2.15. The number of aromatic nitrogens is 2. The van der Waals surface area contributed by atoms with E-state index in [1.165, 1.54) is 7.11 Å². The topological polar surface area (TPSA) is 66.9 Å². The second kappa shape index (κ2) is 9.56. The van der Waals surface area contributed by atoms with E-state index in [1.807, 2.05) is 0 Å². The lowest BCUT2D eigenvalue weighted by atomic mass is 10.2. The summed E-state index contributed by atoms with van der Waals surface area (Å²) < 4.78 is 80.8. The van der Waals surface area contributed by atoms with Crippen LogP contribution < -0.4 is 19.8 Å². The zero-order valence-corrected chi connectivity index (χ0v) is 16.8. The van der Waals surface area contributed by atoms with E-state index in [0.717, 1.165) is 29.1 Å². The molecule has 7 nitrogen and oxygen atoms in total. The molecule has 0 saturated heterocycles. The summed E-state index contributed by atoms with van der Waals surface area (Å²) in [6, 6.07) is 9.19. The van der Waals surface area contributed by atoms with Crippen molar-refractivity contribution in [2.75, 3.05) is 7.11 Å². The molecule has 0 fully saturated rings. The summed E-state index contributed by atoms with van der Waals surface area (Å²) >= 11 is 0. The molecule has 0 aliphatic heterocycles. The van der Waals surface area contributed by atoms with Gasteiger partial charge in [0.1, 0.15) is 17.2 Å². The minimum Gasteiger partial charge on any atom is -0.497 e. The Kier molecular flexibility index (Phi) is 6.81. The fraction of sp³-hybridized carbons (Fsp3) is 0.190. The zero-order valence-electron chi connectivity index (χ0n) is 16.8. The number of hydrogen-bond acceptors (Lipinski definition) is 5. The Labute approximate surface area is 183 Å². The molecule has 3 aromatic rings. The molecular weight excluding hydrogens is 453 g/mol. The monoisotopic (exact) mass is 467 g/mol. The summed E-state index contributed by atoms with van der Waals surface area (Å²) in [6.07, 6.45) is -4.32. The highest BCUT2D eigenvalue weighted by molar-refractivity contribution is 5.55. The normalized spacial score (nSPS) is 11.2. The van der Waals surface area contributed by atoms with E-state index in [1.54, 1.807) is 24.3 Å². The van der Waals surface area contributed by atoms with Gasteiger partial charge in [-0.2, -0.15) is 22.0 Å². The maximum atomic E-state index is 13.5. The largest absolute Gasteiger partial charge is 0.497 e. The number of nitrogens with zero attached hydrogens (tertiary/aromatic N) is 3. The lowest BCUT2D eigenvalue weighted by Crippen LogP contribution is -2.26. The molecule has 172 valence electrons. The van der Waals surface area contributed by atoms with Crippen LogP contribution in [0.2, 0.25) is 0 Å². The molecule has 0 aliphatic carbocycles. The fourth-order valence-corrected chi connectivity index (χ4v) is 2.77. The Morgan fingerprint density at radius 1 is 1.09 bits per heavy atom. The van der Waals surface area contributed by atoms with Crippen molar-refractivity contribution in [3.63, 3.8) is 0 Å². The van der Waals surface area contributed by atoms with Crippen LogP contribution in [0, 0.1) is 6.57 Å². The summed E-state index contributed by atoms with van der Waals surface area (Å²) in [4.78, 5) is 19.2. The second-order valence-electron chi connectivity index (χ2n) is 6.46. The number of halogens is 5. The van der Waals surface area contributed by atoms with Crippen LogP contribution in [-0.4, -0.2) is 23.3 Å². The first kappa shape index (κ1) is 23.5. The highest BCUT2D eigenvalue weighted by atomic mass is 19.4. The third-order valence-electron chi connectivity index (χ3n) is 4.22. The number of rotatable bonds is 7. The van der Waals surface area contributed by atoms with Crippen LogP contribution in [0.1, 0.15) is 11.3 Å². The van der Waals surface area contributed by atoms with Crippen molar-refractivity contribution in [1.82, 2.24) is 9.55 Å². The van der Waals surface area contributed by atoms with Crippen LogP contribution in [0.25, 0.3) is 4.85 Å². The molecular formula is C21H14F5N3O4. The van der Waals surface area contributed by atoms with Gasteiger partial charge in [0, 0.05) is 6.07 Å². The molecule has 0 spiro atoms. The van der Waals surface area contributed by atoms with Crippen LogP contribution in [0.3, 0.4) is 0 Å². The van der Waals surface area contributed by atoms with E-state index in [2.05, 4.69) is 14.6 Å². The fourth-order valence-electron chi connectivity index (χ4n) is 2.77. The number of benzene rings is 2. The van der Waals surface area contributed by atoms with Gasteiger partial charge in [0.25, 0.3) is 5.56 Å². The summed E-state index contributed by atoms with van der Waals surface area (Å²) in [5.41, 5.74) is -2.46. The third kappa shape index (κ3) is 5.76. The minimum absolute atomic E-state index is 0.133. The molecule has 0 saturated carbocycles. The van der Waals surface area contributed by atoms with Gasteiger partial charge < -0.3 is 14.2 Å². The minimum atomic E-state index is -5.05. The van der Waals surface area contributed by atoms with Crippen molar-refractivity contribution in [3.8, 4) is 23.0 Å². The molecule has 0 N–H and O–H groups in total. The summed E-state index contributed by atoms with van der Waals surface area (Å²) in [5, 5.41) is 0. The quantitative estimate of drug-likeness (QED) is 0.350. The van der Waals surface area contributed by atoms with Gasteiger partial charge in [-0.15, -0.1) is 0 Å². The number of alkyl halides is 5. The average Bonchev–Trinajstić information content (AvgIpc) is 2.75. The molecule has 2 aromatic carbocycles. The van der Waals surface area contributed by atoms with Crippen LogP contribution in [0.15, 0.2) is 53.6 Å². The van der Waals surface area contributed by atoms with Crippen LogP contribution in [0.4, 0.5) is 27.6 Å². The molecule has 0 bridgehead atoms. The van der Waals surface area contributed by atoms with Crippen molar-refractivity contribution in [2.45, 2.75) is 19.3 Å². The molecule has 0 unspecified atom stereocenters. The van der Waals surface area contributed by atoms with Crippen molar-refractivity contribution in [3.05, 3.63) is 81.8 Å². The Morgan fingerprint density at radius 2 is 1.76 bits per heavy atom. The molecule has 33 heavy (non-hydrogen) atoms. The maximum absolute atomic E-state index is 13.5. The van der Waals surface area contributed by atoms with E-state index in [9.17, 15) is 26.7 Å². The highest BCUT2D eigenvalue weighted by Gasteiger charge is 2.38. The van der Waals surface area contributed by atoms with Gasteiger partial charge in [-0.05, 0) is 29.8 Å². The maximum Gasteiger partial charge on any atom is 0.437 e. The van der Waals surface area contributed by atoms with Gasteiger partial charge in [0.05, 0.1) is 26.6 Å². The number of hydrogen-bond donors (Lipinski definition) is 0. The Bertz CT molecular complexity index is 1230. The zero-order chi connectivity index (χ0) is 24.2.